The maximum Gasteiger partial charge on any atom is 0.274 e. The molecule has 0 aliphatic carbocycles. The average molecular weight is 309 g/mol. The van der Waals surface area contributed by atoms with E-state index < -0.39 is 11.6 Å². The van der Waals surface area contributed by atoms with E-state index in [0.29, 0.717) is 16.8 Å². The summed E-state index contributed by atoms with van der Waals surface area (Å²) in [6.07, 6.45) is 2.44. The largest absolute Gasteiger partial charge is 0.359 e. The molecule has 6 nitrogen and oxygen atoms in total. The summed E-state index contributed by atoms with van der Waals surface area (Å²) < 4.78 is 13.0. The van der Waals surface area contributed by atoms with Gasteiger partial charge in [-0.05, 0) is 0 Å². The van der Waals surface area contributed by atoms with E-state index in [1.165, 1.54) is 11.3 Å². The third-order valence-corrected chi connectivity index (χ3v) is 3.33. The third-order valence-electron chi connectivity index (χ3n) is 2.23. The van der Waals surface area contributed by atoms with Crippen molar-refractivity contribution in [3.63, 3.8) is 0 Å². The predicted molar refractivity (Wildman–Crippen MR) is 72.3 cm³/mol. The van der Waals surface area contributed by atoms with Crippen molar-refractivity contribution >= 4 is 22.9 Å². The molecule has 1 aromatic heterocycles. The maximum atomic E-state index is 12.6. The normalized spacial score (nSPS) is 11.5. The van der Waals surface area contributed by atoms with E-state index in [0.717, 1.165) is 11.1 Å². The van der Waals surface area contributed by atoms with Crippen LogP contribution in [-0.2, 0) is 6.54 Å². The van der Waals surface area contributed by atoms with E-state index in [9.17, 15) is 14.5 Å². The highest BCUT2D eigenvalue weighted by atomic mass is 35.5. The molecule has 0 bridgehead atoms. The van der Waals surface area contributed by atoms with Crippen molar-refractivity contribution in [2.75, 3.05) is 27.3 Å². The second kappa shape index (κ2) is 7.25. The Labute approximate surface area is 119 Å². The quantitative estimate of drug-likeness (QED) is 0.571. The van der Waals surface area contributed by atoms with Gasteiger partial charge >= 0.3 is 0 Å². The smallest absolute Gasteiger partial charge is 0.274 e. The van der Waals surface area contributed by atoms with Crippen molar-refractivity contribution in [1.82, 2.24) is 14.8 Å². The van der Waals surface area contributed by atoms with Gasteiger partial charge in [-0.25, -0.2) is 9.37 Å². The molecule has 9 heteroatoms. The zero-order chi connectivity index (χ0) is 14.4. The zero-order valence-corrected chi connectivity index (χ0v) is 12.1. The van der Waals surface area contributed by atoms with Crippen LogP contribution in [0.4, 0.5) is 4.39 Å². The Morgan fingerprint density at radius 1 is 1.68 bits per heavy atom. The summed E-state index contributed by atoms with van der Waals surface area (Å²) in [5.74, 6) is 0.326. The van der Waals surface area contributed by atoms with E-state index in [1.807, 2.05) is 0 Å². The van der Waals surface area contributed by atoms with Crippen LogP contribution in [0.15, 0.2) is 18.2 Å². The van der Waals surface area contributed by atoms with Gasteiger partial charge < -0.3 is 9.80 Å². The molecule has 0 saturated carbocycles. The number of aromatic nitrogens is 1. The minimum absolute atomic E-state index is 0.0629. The number of alkyl halides is 1. The first-order valence-corrected chi connectivity index (χ1v) is 6.57. The standard InChI is InChI=1S/C10H14ClFN4O2S/c1-14(2)9(7-16(17)18)15(4-3-12)6-8-5-13-10(11)19-8/h5,7H,3-4,6H2,1-2H3. The first kappa shape index (κ1) is 15.6. The summed E-state index contributed by atoms with van der Waals surface area (Å²) in [7, 11) is 3.33. The van der Waals surface area contributed by atoms with Crippen LogP contribution in [-0.4, -0.2) is 47.0 Å². The summed E-state index contributed by atoms with van der Waals surface area (Å²) in [5.41, 5.74) is 0. The molecule has 1 heterocycles. The van der Waals surface area contributed by atoms with Crippen molar-refractivity contribution < 1.29 is 9.31 Å². The van der Waals surface area contributed by atoms with Crippen LogP contribution in [0.25, 0.3) is 0 Å². The first-order chi connectivity index (χ1) is 8.93. The molecule has 0 radical (unpaired) electrons. The number of hydrogen-bond donors (Lipinski definition) is 0. The Hall–Kier alpha value is -1.41. The molecule has 0 atom stereocenters. The number of halogens is 2. The fourth-order valence-corrected chi connectivity index (χ4v) is 2.49. The first-order valence-electron chi connectivity index (χ1n) is 5.37. The van der Waals surface area contributed by atoms with Crippen LogP contribution in [0.2, 0.25) is 4.47 Å². The molecule has 0 fully saturated rings. The number of nitrogens with zero attached hydrogens (tertiary/aromatic N) is 4. The van der Waals surface area contributed by atoms with Crippen LogP contribution >= 0.6 is 22.9 Å². The van der Waals surface area contributed by atoms with Crippen LogP contribution in [0.3, 0.4) is 0 Å². The minimum atomic E-state index is -0.602. The highest BCUT2D eigenvalue weighted by Crippen LogP contribution is 2.21. The van der Waals surface area contributed by atoms with Crippen molar-refractivity contribution in [2.24, 2.45) is 0 Å². The van der Waals surface area contributed by atoms with Crippen LogP contribution in [0.5, 0.6) is 0 Å². The molecule has 1 rings (SSSR count). The maximum absolute atomic E-state index is 12.6. The predicted octanol–water partition coefficient (Wildman–Crippen LogP) is 2.21. The van der Waals surface area contributed by atoms with Gasteiger partial charge in [-0.3, -0.25) is 10.1 Å². The Kier molecular flexibility index (Phi) is 5.97. The Morgan fingerprint density at radius 2 is 2.37 bits per heavy atom. The molecule has 106 valence electrons. The van der Waals surface area contributed by atoms with E-state index in [2.05, 4.69) is 4.98 Å². The third kappa shape index (κ3) is 4.99. The van der Waals surface area contributed by atoms with Crippen LogP contribution < -0.4 is 0 Å². The van der Waals surface area contributed by atoms with E-state index in [4.69, 9.17) is 11.6 Å². The molecule has 0 aliphatic rings. The topological polar surface area (TPSA) is 62.5 Å². The van der Waals surface area contributed by atoms with E-state index in [-0.39, 0.29) is 6.54 Å². The lowest BCUT2D eigenvalue weighted by atomic mass is 10.4. The highest BCUT2D eigenvalue weighted by molar-refractivity contribution is 7.15. The average Bonchev–Trinajstić information content (AvgIpc) is 2.71. The van der Waals surface area contributed by atoms with Gasteiger partial charge in [-0.1, -0.05) is 11.6 Å². The summed E-state index contributed by atoms with van der Waals surface area (Å²) in [4.78, 5) is 17.9. The summed E-state index contributed by atoms with van der Waals surface area (Å²) in [6.45, 7) is -0.213. The Bertz CT molecular complexity index is 466. The highest BCUT2D eigenvalue weighted by Gasteiger charge is 2.17. The monoisotopic (exact) mass is 308 g/mol. The molecule has 0 amide bonds. The van der Waals surface area contributed by atoms with Gasteiger partial charge in [0.05, 0.1) is 11.5 Å². The molecule has 0 N–H and O–H groups in total. The number of hydrogen-bond acceptors (Lipinski definition) is 6. The number of rotatable bonds is 7. The molecule has 0 spiro atoms. The molecular formula is C10H14ClFN4O2S. The van der Waals surface area contributed by atoms with Crippen molar-refractivity contribution in [3.8, 4) is 0 Å². The molecule has 1 aromatic rings. The number of nitro groups is 1. The van der Waals surface area contributed by atoms with Crippen LogP contribution in [0.1, 0.15) is 4.88 Å². The summed E-state index contributed by atoms with van der Waals surface area (Å²) in [5, 5.41) is 10.6. The summed E-state index contributed by atoms with van der Waals surface area (Å²) >= 11 is 6.99. The van der Waals surface area contributed by atoms with Gasteiger partial charge in [-0.2, -0.15) is 0 Å². The zero-order valence-electron chi connectivity index (χ0n) is 10.5. The van der Waals surface area contributed by atoms with Crippen molar-refractivity contribution in [2.45, 2.75) is 6.54 Å². The second-order valence-electron chi connectivity index (χ2n) is 3.86. The van der Waals surface area contributed by atoms with Gasteiger partial charge in [-0.15, -0.1) is 11.3 Å². The van der Waals surface area contributed by atoms with Crippen molar-refractivity contribution in [1.29, 1.82) is 0 Å². The fraction of sp³-hybridized carbons (Fsp3) is 0.500. The van der Waals surface area contributed by atoms with Crippen LogP contribution in [0, 0.1) is 10.1 Å². The molecular weight excluding hydrogens is 295 g/mol. The summed E-state index contributed by atoms with van der Waals surface area (Å²) in [6, 6.07) is 0. The fourth-order valence-electron chi connectivity index (χ4n) is 1.50. The number of thiazole rings is 1. The molecule has 0 saturated heterocycles. The lowest BCUT2D eigenvalue weighted by molar-refractivity contribution is -0.405. The van der Waals surface area contributed by atoms with Crippen molar-refractivity contribution in [3.05, 3.63) is 37.7 Å². The SMILES string of the molecule is CN(C)C(=C[N+](=O)[O-])N(CCF)Cc1cnc(Cl)s1. The molecule has 0 unspecified atom stereocenters. The molecule has 19 heavy (non-hydrogen) atoms. The molecule has 0 aromatic carbocycles. The Balaban J connectivity index is 2.93. The Morgan fingerprint density at radius 3 is 2.79 bits per heavy atom. The van der Waals surface area contributed by atoms with Gasteiger partial charge in [0, 0.05) is 31.7 Å². The van der Waals surface area contributed by atoms with Gasteiger partial charge in [0.25, 0.3) is 6.20 Å². The van der Waals surface area contributed by atoms with Gasteiger partial charge in [0.15, 0.2) is 10.3 Å². The van der Waals surface area contributed by atoms with E-state index >= 15 is 0 Å². The second-order valence-corrected chi connectivity index (χ2v) is 5.55. The van der Waals surface area contributed by atoms with Gasteiger partial charge in [0.2, 0.25) is 0 Å². The molecule has 0 aliphatic heterocycles. The van der Waals surface area contributed by atoms with Gasteiger partial charge in [0.1, 0.15) is 6.67 Å². The van der Waals surface area contributed by atoms with E-state index in [1.54, 1.807) is 30.1 Å². The lowest BCUT2D eigenvalue weighted by Gasteiger charge is -2.28. The minimum Gasteiger partial charge on any atom is -0.359 e. The lowest BCUT2D eigenvalue weighted by Crippen LogP contribution is -2.33.